The Labute approximate surface area is 174 Å². The molecule has 7 nitrogen and oxygen atoms in total. The number of carbonyl (C=O) groups excluding carboxylic acids is 2. The number of nitrogens with zero attached hydrogens (tertiary/aromatic N) is 1. The van der Waals surface area contributed by atoms with Gasteiger partial charge in [0.1, 0.15) is 12.4 Å². The van der Waals surface area contributed by atoms with Gasteiger partial charge in [0.15, 0.2) is 18.1 Å². The maximum absolute atomic E-state index is 13.7. The number of halogens is 1. The second-order valence-corrected chi connectivity index (χ2v) is 6.54. The van der Waals surface area contributed by atoms with Crippen molar-refractivity contribution in [1.29, 1.82) is 0 Å². The molecule has 160 valence electrons. The number of morpholine rings is 1. The Bertz CT molecular complexity index is 882. The molecule has 1 aliphatic rings. The molecule has 0 spiro atoms. The quantitative estimate of drug-likeness (QED) is 0.615. The van der Waals surface area contributed by atoms with Crippen LogP contribution in [0.1, 0.15) is 22.8 Å². The lowest BCUT2D eigenvalue weighted by Crippen LogP contribution is -2.43. The molecule has 0 atom stereocenters. The Morgan fingerprint density at radius 3 is 2.57 bits per heavy atom. The van der Waals surface area contributed by atoms with Crippen molar-refractivity contribution in [2.75, 3.05) is 39.5 Å². The summed E-state index contributed by atoms with van der Waals surface area (Å²) < 4.78 is 35.3. The molecule has 0 aromatic heterocycles. The predicted octanol–water partition coefficient (Wildman–Crippen LogP) is 2.82. The summed E-state index contributed by atoms with van der Waals surface area (Å²) >= 11 is 0. The first-order chi connectivity index (χ1) is 14.6. The molecule has 2 aromatic rings. The molecule has 30 heavy (non-hydrogen) atoms. The Morgan fingerprint density at radius 1 is 1.07 bits per heavy atom. The second kappa shape index (κ2) is 10.6. The minimum atomic E-state index is -0.616. The molecule has 1 aliphatic heterocycles. The van der Waals surface area contributed by atoms with Crippen molar-refractivity contribution < 1.29 is 32.9 Å². The highest BCUT2D eigenvalue weighted by Crippen LogP contribution is 2.29. The Balaban J connectivity index is 1.62. The molecule has 2 aromatic carbocycles. The monoisotopic (exact) mass is 417 g/mol. The number of ether oxygens (including phenoxy) is 4. The molecule has 0 bridgehead atoms. The molecule has 1 amide bonds. The van der Waals surface area contributed by atoms with E-state index >= 15 is 0 Å². The summed E-state index contributed by atoms with van der Waals surface area (Å²) in [5.41, 5.74) is 0.527. The summed E-state index contributed by atoms with van der Waals surface area (Å²) in [6.07, 6.45) is 0. The van der Waals surface area contributed by atoms with Crippen molar-refractivity contribution in [2.24, 2.45) is 0 Å². The first kappa shape index (κ1) is 21.6. The van der Waals surface area contributed by atoms with Crippen molar-refractivity contribution in [3.63, 3.8) is 0 Å². The summed E-state index contributed by atoms with van der Waals surface area (Å²) in [5, 5.41) is 0. The smallest absolute Gasteiger partial charge is 0.338 e. The van der Waals surface area contributed by atoms with Gasteiger partial charge in [0, 0.05) is 18.7 Å². The maximum Gasteiger partial charge on any atom is 0.338 e. The fourth-order valence-corrected chi connectivity index (χ4v) is 2.91. The van der Waals surface area contributed by atoms with Gasteiger partial charge in [-0.25, -0.2) is 9.18 Å². The third kappa shape index (κ3) is 5.70. The predicted molar refractivity (Wildman–Crippen MR) is 106 cm³/mol. The van der Waals surface area contributed by atoms with Crippen LogP contribution in [0.25, 0.3) is 0 Å². The average molecular weight is 417 g/mol. The van der Waals surface area contributed by atoms with E-state index in [1.165, 1.54) is 18.2 Å². The normalized spacial score (nSPS) is 13.6. The summed E-state index contributed by atoms with van der Waals surface area (Å²) in [4.78, 5) is 26.3. The number of carbonyl (C=O) groups is 2. The number of hydrogen-bond acceptors (Lipinski definition) is 6. The molecule has 3 rings (SSSR count). The summed E-state index contributed by atoms with van der Waals surface area (Å²) in [5.74, 6) is -0.519. The minimum Gasteiger partial charge on any atom is -0.490 e. The van der Waals surface area contributed by atoms with Gasteiger partial charge in [-0.15, -0.1) is 0 Å². The summed E-state index contributed by atoms with van der Waals surface area (Å²) in [6.45, 7) is 3.92. The highest BCUT2D eigenvalue weighted by atomic mass is 19.1. The zero-order valence-corrected chi connectivity index (χ0v) is 16.8. The van der Waals surface area contributed by atoms with Crippen LogP contribution in [0.2, 0.25) is 0 Å². The average Bonchev–Trinajstić information content (AvgIpc) is 2.78. The summed E-state index contributed by atoms with van der Waals surface area (Å²) in [7, 11) is 0. The van der Waals surface area contributed by atoms with Crippen LogP contribution >= 0.6 is 0 Å². The number of benzene rings is 2. The molecule has 0 unspecified atom stereocenters. The Kier molecular flexibility index (Phi) is 7.62. The molecule has 1 saturated heterocycles. The van der Waals surface area contributed by atoms with Crippen molar-refractivity contribution >= 4 is 11.9 Å². The molecule has 0 aliphatic carbocycles. The SMILES string of the molecule is CCOc1cc(C(=O)OCc2ccccc2F)ccc1OCC(=O)N1CCOCC1. The molecular weight excluding hydrogens is 393 g/mol. The number of hydrogen-bond donors (Lipinski definition) is 0. The molecule has 8 heteroatoms. The van der Waals surface area contributed by atoms with Gasteiger partial charge >= 0.3 is 5.97 Å². The highest BCUT2D eigenvalue weighted by Gasteiger charge is 2.19. The largest absolute Gasteiger partial charge is 0.490 e. The topological polar surface area (TPSA) is 74.3 Å². The van der Waals surface area contributed by atoms with E-state index in [0.717, 1.165) is 0 Å². The van der Waals surface area contributed by atoms with Crippen LogP contribution < -0.4 is 9.47 Å². The zero-order chi connectivity index (χ0) is 21.3. The third-order valence-corrected chi connectivity index (χ3v) is 4.51. The van der Waals surface area contributed by atoms with Gasteiger partial charge in [0.25, 0.3) is 5.91 Å². The second-order valence-electron chi connectivity index (χ2n) is 6.54. The zero-order valence-electron chi connectivity index (χ0n) is 16.8. The number of rotatable bonds is 8. The van der Waals surface area contributed by atoms with Gasteiger partial charge in [0.05, 0.1) is 25.4 Å². The fourth-order valence-electron chi connectivity index (χ4n) is 2.91. The van der Waals surface area contributed by atoms with E-state index in [-0.39, 0.29) is 30.2 Å². The van der Waals surface area contributed by atoms with E-state index in [9.17, 15) is 14.0 Å². The van der Waals surface area contributed by atoms with E-state index in [0.29, 0.717) is 44.4 Å². The highest BCUT2D eigenvalue weighted by molar-refractivity contribution is 5.90. The van der Waals surface area contributed by atoms with Crippen LogP contribution in [0.3, 0.4) is 0 Å². The number of esters is 1. The molecule has 0 N–H and O–H groups in total. The van der Waals surface area contributed by atoms with Crippen LogP contribution in [0.5, 0.6) is 11.5 Å². The maximum atomic E-state index is 13.7. The molecular formula is C22H24FNO6. The van der Waals surface area contributed by atoms with Gasteiger partial charge in [-0.05, 0) is 31.2 Å². The van der Waals surface area contributed by atoms with Gasteiger partial charge in [-0.2, -0.15) is 0 Å². The fraction of sp³-hybridized carbons (Fsp3) is 0.364. The molecule has 1 heterocycles. The first-order valence-electron chi connectivity index (χ1n) is 9.74. The lowest BCUT2D eigenvalue weighted by atomic mass is 10.2. The molecule has 0 radical (unpaired) electrons. The minimum absolute atomic E-state index is 0.142. The van der Waals surface area contributed by atoms with Crippen molar-refractivity contribution in [1.82, 2.24) is 4.90 Å². The van der Waals surface area contributed by atoms with Crippen LogP contribution in [0, 0.1) is 5.82 Å². The van der Waals surface area contributed by atoms with E-state index in [2.05, 4.69) is 0 Å². The van der Waals surface area contributed by atoms with E-state index in [1.54, 1.807) is 36.1 Å². The number of amides is 1. The van der Waals surface area contributed by atoms with Crippen LogP contribution in [0.15, 0.2) is 42.5 Å². The van der Waals surface area contributed by atoms with Crippen molar-refractivity contribution in [2.45, 2.75) is 13.5 Å². The Hall–Kier alpha value is -3.13. The summed E-state index contributed by atoms with van der Waals surface area (Å²) in [6, 6.07) is 10.7. The van der Waals surface area contributed by atoms with Gasteiger partial charge in [-0.1, -0.05) is 18.2 Å². The molecule has 1 fully saturated rings. The lowest BCUT2D eigenvalue weighted by molar-refractivity contribution is -0.137. The van der Waals surface area contributed by atoms with E-state index < -0.39 is 11.8 Å². The van der Waals surface area contributed by atoms with Gasteiger partial charge < -0.3 is 23.8 Å². The van der Waals surface area contributed by atoms with Crippen molar-refractivity contribution in [3.05, 3.63) is 59.4 Å². The van der Waals surface area contributed by atoms with Gasteiger partial charge in [-0.3, -0.25) is 4.79 Å². The van der Waals surface area contributed by atoms with Crippen LogP contribution in [-0.2, 0) is 20.9 Å². The third-order valence-electron chi connectivity index (χ3n) is 4.51. The standard InChI is InChI=1S/C22H24FNO6/c1-2-28-20-13-16(22(26)30-14-17-5-3-4-6-18(17)23)7-8-19(20)29-15-21(25)24-9-11-27-12-10-24/h3-8,13H,2,9-12,14-15H2,1H3. The first-order valence-corrected chi connectivity index (χ1v) is 9.74. The van der Waals surface area contributed by atoms with Crippen molar-refractivity contribution in [3.8, 4) is 11.5 Å². The van der Waals surface area contributed by atoms with Crippen LogP contribution in [0.4, 0.5) is 4.39 Å². The Morgan fingerprint density at radius 2 is 1.83 bits per heavy atom. The van der Waals surface area contributed by atoms with Crippen LogP contribution in [-0.4, -0.2) is 56.3 Å². The van der Waals surface area contributed by atoms with E-state index in [1.807, 2.05) is 0 Å². The lowest BCUT2D eigenvalue weighted by Gasteiger charge is -2.26. The molecule has 0 saturated carbocycles. The van der Waals surface area contributed by atoms with E-state index in [4.69, 9.17) is 18.9 Å². The van der Waals surface area contributed by atoms with Gasteiger partial charge in [0.2, 0.25) is 0 Å².